The van der Waals surface area contributed by atoms with Crippen molar-refractivity contribution in [3.8, 4) is 0 Å². The summed E-state index contributed by atoms with van der Waals surface area (Å²) in [6, 6.07) is 18.8. The van der Waals surface area contributed by atoms with Crippen molar-refractivity contribution in [1.29, 1.82) is 0 Å². The lowest BCUT2D eigenvalue weighted by Crippen LogP contribution is -2.36. The van der Waals surface area contributed by atoms with Crippen LogP contribution in [-0.2, 0) is 12.1 Å². The van der Waals surface area contributed by atoms with Gasteiger partial charge in [-0.2, -0.15) is 0 Å². The maximum Gasteiger partial charge on any atom is 0.342 e. The van der Waals surface area contributed by atoms with Crippen LogP contribution in [0.5, 0.6) is 0 Å². The molecule has 0 heterocycles. The molecule has 1 fully saturated rings. The molecule has 2 aromatic rings. The van der Waals surface area contributed by atoms with E-state index in [0.717, 1.165) is 18.4 Å². The highest BCUT2D eigenvalue weighted by Crippen LogP contribution is 2.32. The van der Waals surface area contributed by atoms with E-state index >= 15 is 0 Å². The zero-order valence-corrected chi connectivity index (χ0v) is 15.6. The average Bonchev–Trinajstić information content (AvgIpc) is 2.67. The number of aliphatic imine (C=N–C) groups is 1. The molecule has 138 valence electrons. The molecule has 0 radical (unpaired) electrons. The fourth-order valence-electron chi connectivity index (χ4n) is 3.54. The van der Waals surface area contributed by atoms with Crippen molar-refractivity contribution in [3.05, 3.63) is 81.9 Å². The maximum absolute atomic E-state index is 12.2. The van der Waals surface area contributed by atoms with Crippen molar-refractivity contribution in [3.63, 3.8) is 0 Å². The minimum Gasteiger partial charge on any atom is -0.262 e. The lowest BCUT2D eigenvalue weighted by molar-refractivity contribution is -0.577. The van der Waals surface area contributed by atoms with Gasteiger partial charge in [0.15, 0.2) is 0 Å². The van der Waals surface area contributed by atoms with Crippen LogP contribution in [-0.4, -0.2) is 11.1 Å². The Bertz CT molecular complexity index is 715. The summed E-state index contributed by atoms with van der Waals surface area (Å²) in [5.74, 6) is 0.354. The van der Waals surface area contributed by atoms with Crippen LogP contribution in [0.4, 0.5) is 0 Å². The molecule has 0 saturated heterocycles. The monoisotopic (exact) mass is 372 g/mol. The first-order valence-electron chi connectivity index (χ1n) is 9.00. The summed E-state index contributed by atoms with van der Waals surface area (Å²) in [5, 5.41) is 12.2. The average molecular weight is 373 g/mol. The Labute approximate surface area is 160 Å². The highest BCUT2D eigenvalue weighted by atomic mass is 35.5. The van der Waals surface area contributed by atoms with Crippen molar-refractivity contribution in [2.24, 2.45) is 10.9 Å². The quantitative estimate of drug-likeness (QED) is 0.385. The fraction of sp³-hybridized carbons (Fsp3) is 0.381. The zero-order chi connectivity index (χ0) is 17.5. The second-order valence-corrected chi connectivity index (χ2v) is 6.78. The lowest BCUT2D eigenvalue weighted by Gasteiger charge is -2.24. The third-order valence-electron chi connectivity index (χ3n) is 4.98. The second kappa shape index (κ2) is 9.48. The van der Waals surface area contributed by atoms with Crippen LogP contribution < -0.4 is 0 Å². The van der Waals surface area contributed by atoms with Crippen LogP contribution in [0, 0.1) is 16.0 Å². The standard InChI is InChI=1S/C21H24N2O2.ClH/c24-23(25)21(20-14-8-3-9-15-20,16-18-10-4-1-5-11-18)22-17-19-12-6-2-7-13-19;/h1,3-5,8-11,14-15,17,19H,2,6-7,12-13,16H2;1H. The van der Waals surface area contributed by atoms with Crippen molar-refractivity contribution in [2.45, 2.75) is 44.2 Å². The van der Waals surface area contributed by atoms with Gasteiger partial charge in [0, 0.05) is 6.21 Å². The third-order valence-corrected chi connectivity index (χ3v) is 4.98. The molecule has 5 heteroatoms. The molecule has 3 rings (SSSR count). The van der Waals surface area contributed by atoms with E-state index in [1.165, 1.54) is 19.3 Å². The summed E-state index contributed by atoms with van der Waals surface area (Å²) in [6.07, 6.45) is 7.91. The van der Waals surface area contributed by atoms with Gasteiger partial charge in [-0.1, -0.05) is 67.8 Å². The topological polar surface area (TPSA) is 55.5 Å². The number of rotatable bonds is 6. The third kappa shape index (κ3) is 4.70. The van der Waals surface area contributed by atoms with Gasteiger partial charge in [-0.05, 0) is 36.5 Å². The minimum absolute atomic E-state index is 0. The van der Waals surface area contributed by atoms with E-state index in [9.17, 15) is 10.1 Å². The summed E-state index contributed by atoms with van der Waals surface area (Å²) in [6.45, 7) is 0. The van der Waals surface area contributed by atoms with Crippen molar-refractivity contribution in [2.75, 3.05) is 0 Å². The second-order valence-electron chi connectivity index (χ2n) is 6.78. The summed E-state index contributed by atoms with van der Waals surface area (Å²) in [7, 11) is 0. The van der Waals surface area contributed by atoms with Gasteiger partial charge in [0.2, 0.25) is 0 Å². The van der Waals surface area contributed by atoms with Crippen LogP contribution in [0.25, 0.3) is 0 Å². The molecule has 2 aromatic carbocycles. The smallest absolute Gasteiger partial charge is 0.262 e. The maximum atomic E-state index is 12.2. The number of nitro groups is 1. The van der Waals surface area contributed by atoms with Gasteiger partial charge in [0.05, 0.1) is 16.9 Å². The number of halogens is 1. The molecule has 0 spiro atoms. The van der Waals surface area contributed by atoms with Gasteiger partial charge in [-0.15, -0.1) is 12.4 Å². The molecule has 0 amide bonds. The molecule has 1 saturated carbocycles. The lowest BCUT2D eigenvalue weighted by atomic mass is 9.89. The molecule has 1 aliphatic rings. The van der Waals surface area contributed by atoms with E-state index in [-0.39, 0.29) is 23.8 Å². The first-order chi connectivity index (χ1) is 12.2. The van der Waals surface area contributed by atoms with Gasteiger partial charge in [-0.25, -0.2) is 4.99 Å². The van der Waals surface area contributed by atoms with Crippen molar-refractivity contribution in [1.82, 2.24) is 0 Å². The van der Waals surface area contributed by atoms with Gasteiger partial charge in [0.1, 0.15) is 0 Å². The van der Waals surface area contributed by atoms with Crippen LogP contribution in [0.2, 0.25) is 0 Å². The summed E-state index contributed by atoms with van der Waals surface area (Å²) < 4.78 is 0. The van der Waals surface area contributed by atoms with Gasteiger partial charge >= 0.3 is 5.66 Å². The van der Waals surface area contributed by atoms with Crippen molar-refractivity contribution >= 4 is 18.6 Å². The molecule has 0 bridgehead atoms. The molecule has 26 heavy (non-hydrogen) atoms. The summed E-state index contributed by atoms with van der Waals surface area (Å²) in [4.78, 5) is 16.6. The van der Waals surface area contributed by atoms with E-state index in [4.69, 9.17) is 0 Å². The summed E-state index contributed by atoms with van der Waals surface area (Å²) in [5.41, 5.74) is 0.0971. The number of hydrogen-bond acceptors (Lipinski definition) is 3. The van der Waals surface area contributed by atoms with Crippen molar-refractivity contribution < 1.29 is 4.92 Å². The molecular weight excluding hydrogens is 348 g/mol. The Balaban J connectivity index is 0.00000243. The molecule has 0 aromatic heterocycles. The highest BCUT2D eigenvalue weighted by Gasteiger charge is 2.44. The van der Waals surface area contributed by atoms with E-state index < -0.39 is 5.66 Å². The largest absolute Gasteiger partial charge is 0.342 e. The van der Waals surface area contributed by atoms with Crippen LogP contribution in [0.15, 0.2) is 65.7 Å². The van der Waals surface area contributed by atoms with E-state index in [1.807, 2.05) is 66.9 Å². The number of hydrogen-bond donors (Lipinski definition) is 0. The summed E-state index contributed by atoms with van der Waals surface area (Å²) >= 11 is 0. The number of benzene rings is 2. The Kier molecular flexibility index (Phi) is 7.34. The predicted octanol–water partition coefficient (Wildman–Crippen LogP) is 5.43. The Morgan fingerprint density at radius 3 is 2.15 bits per heavy atom. The Morgan fingerprint density at radius 2 is 1.58 bits per heavy atom. The SMILES string of the molecule is Cl.O=[N+]([O-])C(Cc1ccccc1)(N=CC1CCCCC1)c1ccccc1. The first-order valence-corrected chi connectivity index (χ1v) is 9.00. The minimum atomic E-state index is -1.46. The number of nitrogens with zero attached hydrogens (tertiary/aromatic N) is 2. The fourth-order valence-corrected chi connectivity index (χ4v) is 3.54. The first kappa shape index (κ1) is 20.1. The van der Waals surface area contributed by atoms with Crippen LogP contribution in [0.1, 0.15) is 43.2 Å². The van der Waals surface area contributed by atoms with Gasteiger partial charge < -0.3 is 0 Å². The van der Waals surface area contributed by atoms with Crippen LogP contribution in [0.3, 0.4) is 0 Å². The normalized spacial score (nSPS) is 17.4. The zero-order valence-electron chi connectivity index (χ0n) is 14.8. The molecule has 0 N–H and O–H groups in total. The van der Waals surface area contributed by atoms with Gasteiger partial charge in [-0.3, -0.25) is 10.1 Å². The molecule has 1 aliphatic carbocycles. The van der Waals surface area contributed by atoms with E-state index in [2.05, 4.69) is 4.99 Å². The Hall–Kier alpha value is -2.20. The van der Waals surface area contributed by atoms with Gasteiger partial charge in [0.25, 0.3) is 0 Å². The molecule has 0 aliphatic heterocycles. The molecule has 1 atom stereocenters. The molecule has 4 nitrogen and oxygen atoms in total. The predicted molar refractivity (Wildman–Crippen MR) is 108 cm³/mol. The molecular formula is C21H25ClN2O2. The van der Waals surface area contributed by atoms with E-state index in [0.29, 0.717) is 11.5 Å². The highest BCUT2D eigenvalue weighted by molar-refractivity contribution is 5.85. The van der Waals surface area contributed by atoms with Crippen LogP contribution >= 0.6 is 12.4 Å². The van der Waals surface area contributed by atoms with E-state index in [1.54, 1.807) is 0 Å². The molecule has 1 unspecified atom stereocenters. The Morgan fingerprint density at radius 1 is 1.00 bits per heavy atom.